The second-order valence-corrected chi connectivity index (χ2v) is 7.62. The van der Waals surface area contributed by atoms with E-state index in [9.17, 15) is 4.79 Å². The molecule has 2 aromatic rings. The van der Waals surface area contributed by atoms with Crippen molar-refractivity contribution in [2.75, 3.05) is 49.5 Å². The number of piperazine rings is 1. The fraction of sp³-hybridized carbons (Fsp3) is 0.458. The molecule has 0 saturated carbocycles. The average Bonchev–Trinajstić information content (AvgIpc) is 2.78. The Balaban J connectivity index is 1.62. The summed E-state index contributed by atoms with van der Waals surface area (Å²) in [6.07, 6.45) is 1.03. The lowest BCUT2D eigenvalue weighted by atomic mass is 9.98. The van der Waals surface area contributed by atoms with Crippen molar-refractivity contribution >= 4 is 17.3 Å². The minimum absolute atomic E-state index is 0.00535. The van der Waals surface area contributed by atoms with E-state index in [1.807, 2.05) is 36.4 Å². The number of hydrogen-bond donors (Lipinski definition) is 1. The van der Waals surface area contributed by atoms with E-state index in [1.54, 1.807) is 0 Å². The summed E-state index contributed by atoms with van der Waals surface area (Å²) in [6.45, 7) is 11.7. The van der Waals surface area contributed by atoms with Gasteiger partial charge in [0.1, 0.15) is 5.75 Å². The summed E-state index contributed by atoms with van der Waals surface area (Å²) in [5.74, 6) is 1.06. The van der Waals surface area contributed by atoms with Gasteiger partial charge in [0.2, 0.25) is 0 Å². The Morgan fingerprint density at radius 1 is 1.03 bits per heavy atom. The molecule has 29 heavy (non-hydrogen) atoms. The first-order valence-electron chi connectivity index (χ1n) is 10.7. The van der Waals surface area contributed by atoms with Gasteiger partial charge in [0.25, 0.3) is 5.91 Å². The first-order chi connectivity index (χ1) is 14.1. The third-order valence-electron chi connectivity index (χ3n) is 5.76. The van der Waals surface area contributed by atoms with Crippen LogP contribution in [0.3, 0.4) is 0 Å². The molecule has 0 radical (unpaired) electrons. The van der Waals surface area contributed by atoms with Crippen molar-refractivity contribution in [1.82, 2.24) is 4.90 Å². The Kier molecular flexibility index (Phi) is 7.53. The van der Waals surface area contributed by atoms with Gasteiger partial charge in [-0.3, -0.25) is 4.79 Å². The normalized spacial score (nSPS) is 15.8. The minimum Gasteiger partial charge on any atom is -0.483 e. The zero-order chi connectivity index (χ0) is 20.6. The quantitative estimate of drug-likeness (QED) is 0.721. The zero-order valence-electron chi connectivity index (χ0n) is 17.9. The third-order valence-corrected chi connectivity index (χ3v) is 5.76. The highest BCUT2D eigenvalue weighted by atomic mass is 16.5. The van der Waals surface area contributed by atoms with E-state index < -0.39 is 0 Å². The molecule has 1 fully saturated rings. The average molecular weight is 396 g/mol. The Morgan fingerprint density at radius 3 is 2.45 bits per heavy atom. The summed E-state index contributed by atoms with van der Waals surface area (Å²) in [6, 6.07) is 16.0. The molecule has 1 atom stereocenters. The van der Waals surface area contributed by atoms with Crippen LogP contribution in [0.1, 0.15) is 38.7 Å². The number of carbonyl (C=O) groups excluding carboxylic acids is 1. The van der Waals surface area contributed by atoms with E-state index in [-0.39, 0.29) is 12.5 Å². The van der Waals surface area contributed by atoms with E-state index in [0.29, 0.717) is 5.92 Å². The molecule has 0 aliphatic carbocycles. The number of benzene rings is 2. The lowest BCUT2D eigenvalue weighted by Gasteiger charge is -2.36. The number of amides is 1. The number of nitrogens with one attached hydrogen (secondary N) is 1. The van der Waals surface area contributed by atoms with Crippen LogP contribution in [-0.4, -0.2) is 50.1 Å². The van der Waals surface area contributed by atoms with Crippen molar-refractivity contribution in [3.05, 3.63) is 54.1 Å². The van der Waals surface area contributed by atoms with Crippen LogP contribution in [0, 0.1) is 0 Å². The number of rotatable bonds is 8. The number of para-hydroxylation sites is 3. The molecule has 0 aromatic heterocycles. The smallest absolute Gasteiger partial charge is 0.262 e. The Bertz CT molecular complexity index is 800. The molecule has 0 bridgehead atoms. The van der Waals surface area contributed by atoms with E-state index >= 15 is 0 Å². The lowest BCUT2D eigenvalue weighted by Crippen LogP contribution is -2.46. The fourth-order valence-electron chi connectivity index (χ4n) is 3.73. The summed E-state index contributed by atoms with van der Waals surface area (Å²) in [5, 5.41) is 3.05. The molecule has 1 saturated heterocycles. The highest BCUT2D eigenvalue weighted by Crippen LogP contribution is 2.29. The topological polar surface area (TPSA) is 44.8 Å². The molecule has 1 amide bonds. The van der Waals surface area contributed by atoms with Gasteiger partial charge in [0, 0.05) is 26.2 Å². The van der Waals surface area contributed by atoms with Gasteiger partial charge >= 0.3 is 0 Å². The van der Waals surface area contributed by atoms with Crippen LogP contribution in [0.15, 0.2) is 48.5 Å². The van der Waals surface area contributed by atoms with Crippen molar-refractivity contribution < 1.29 is 9.53 Å². The van der Waals surface area contributed by atoms with Crippen LogP contribution in [0.5, 0.6) is 5.75 Å². The number of carbonyl (C=O) groups is 1. The van der Waals surface area contributed by atoms with E-state index in [1.165, 1.54) is 0 Å². The van der Waals surface area contributed by atoms with Gasteiger partial charge in [-0.2, -0.15) is 0 Å². The molecular weight excluding hydrogens is 362 g/mol. The van der Waals surface area contributed by atoms with Gasteiger partial charge in [-0.25, -0.2) is 0 Å². The van der Waals surface area contributed by atoms with Crippen molar-refractivity contribution in [2.45, 2.75) is 33.1 Å². The standard InChI is InChI=1S/C24H33N3O2/c1-4-19(3)20-10-6-9-13-23(20)29-18-24(28)25-21-11-7-8-12-22(21)27-16-14-26(5-2)15-17-27/h6-13,19H,4-5,14-18H2,1-3H3,(H,25,28). The zero-order valence-corrected chi connectivity index (χ0v) is 17.9. The summed E-state index contributed by atoms with van der Waals surface area (Å²) >= 11 is 0. The van der Waals surface area contributed by atoms with E-state index in [4.69, 9.17) is 4.74 Å². The van der Waals surface area contributed by atoms with Gasteiger partial charge < -0.3 is 19.9 Å². The van der Waals surface area contributed by atoms with Crippen LogP contribution < -0.4 is 15.0 Å². The van der Waals surface area contributed by atoms with Crippen LogP contribution >= 0.6 is 0 Å². The summed E-state index contributed by atoms with van der Waals surface area (Å²) in [4.78, 5) is 17.4. The number of likely N-dealkylation sites (N-methyl/N-ethyl adjacent to an activating group) is 1. The maximum Gasteiger partial charge on any atom is 0.262 e. The second kappa shape index (κ2) is 10.3. The number of anilines is 2. The van der Waals surface area contributed by atoms with E-state index in [2.05, 4.69) is 48.0 Å². The van der Waals surface area contributed by atoms with Gasteiger partial charge in [0.15, 0.2) is 6.61 Å². The summed E-state index contributed by atoms with van der Waals surface area (Å²) in [5.41, 5.74) is 3.08. The van der Waals surface area contributed by atoms with Gasteiger partial charge in [0.05, 0.1) is 11.4 Å². The first-order valence-corrected chi connectivity index (χ1v) is 10.7. The number of hydrogen-bond acceptors (Lipinski definition) is 4. The number of nitrogens with zero attached hydrogens (tertiary/aromatic N) is 2. The summed E-state index contributed by atoms with van der Waals surface area (Å²) < 4.78 is 5.88. The molecular formula is C24H33N3O2. The fourth-order valence-corrected chi connectivity index (χ4v) is 3.73. The van der Waals surface area contributed by atoms with Crippen LogP contribution in [-0.2, 0) is 4.79 Å². The SMILES string of the molecule is CCC(C)c1ccccc1OCC(=O)Nc1ccccc1N1CCN(CC)CC1. The molecule has 5 nitrogen and oxygen atoms in total. The molecule has 156 valence electrons. The van der Waals surface area contributed by atoms with E-state index in [0.717, 1.165) is 61.8 Å². The second-order valence-electron chi connectivity index (χ2n) is 7.62. The monoisotopic (exact) mass is 395 g/mol. The molecule has 1 aliphatic rings. The molecule has 1 aliphatic heterocycles. The van der Waals surface area contributed by atoms with Crippen molar-refractivity contribution in [3.8, 4) is 5.75 Å². The molecule has 3 rings (SSSR count). The third kappa shape index (κ3) is 5.51. The highest BCUT2D eigenvalue weighted by Gasteiger charge is 2.19. The highest BCUT2D eigenvalue weighted by molar-refractivity contribution is 5.95. The largest absolute Gasteiger partial charge is 0.483 e. The summed E-state index contributed by atoms with van der Waals surface area (Å²) in [7, 11) is 0. The van der Waals surface area contributed by atoms with Crippen LogP contribution in [0.25, 0.3) is 0 Å². The predicted molar refractivity (Wildman–Crippen MR) is 120 cm³/mol. The minimum atomic E-state index is -0.136. The van der Waals surface area contributed by atoms with Crippen LogP contribution in [0.4, 0.5) is 11.4 Å². The Hall–Kier alpha value is -2.53. The molecule has 2 aromatic carbocycles. The lowest BCUT2D eigenvalue weighted by molar-refractivity contribution is -0.118. The van der Waals surface area contributed by atoms with Crippen molar-refractivity contribution in [1.29, 1.82) is 0 Å². The number of ether oxygens (including phenoxy) is 1. The van der Waals surface area contributed by atoms with Gasteiger partial charge in [-0.05, 0) is 42.6 Å². The van der Waals surface area contributed by atoms with Crippen molar-refractivity contribution in [2.24, 2.45) is 0 Å². The molecule has 1 unspecified atom stereocenters. The molecule has 1 heterocycles. The molecule has 5 heteroatoms. The maximum absolute atomic E-state index is 12.6. The maximum atomic E-state index is 12.6. The van der Waals surface area contributed by atoms with Crippen LogP contribution in [0.2, 0.25) is 0 Å². The molecule has 0 spiro atoms. The van der Waals surface area contributed by atoms with Gasteiger partial charge in [-0.1, -0.05) is 51.1 Å². The van der Waals surface area contributed by atoms with Gasteiger partial charge in [-0.15, -0.1) is 0 Å². The first kappa shape index (κ1) is 21.2. The Morgan fingerprint density at radius 2 is 1.72 bits per heavy atom. The molecule has 1 N–H and O–H groups in total. The Labute approximate surface area is 174 Å². The van der Waals surface area contributed by atoms with Crippen molar-refractivity contribution in [3.63, 3.8) is 0 Å². The predicted octanol–water partition coefficient (Wildman–Crippen LogP) is 4.36.